The van der Waals surface area contributed by atoms with Crippen LogP contribution in [-0.4, -0.2) is 16.4 Å². The third kappa shape index (κ3) is 3.79. The Bertz CT molecular complexity index is 1320. The fourth-order valence-corrected chi connectivity index (χ4v) is 4.23. The molecule has 1 aliphatic heterocycles. The van der Waals surface area contributed by atoms with Gasteiger partial charge in [0.1, 0.15) is 0 Å². The highest BCUT2D eigenvalue weighted by atomic mass is 35.5. The fraction of sp³-hybridized carbons (Fsp3) is 0.0833. The van der Waals surface area contributed by atoms with Gasteiger partial charge in [-0.2, -0.15) is 0 Å². The SMILES string of the molecule is O=C(Nc1ccc(C(=O)N2Cc3cccn3Cc3ccoc32)cc1)c1ccc(Cl)cc1Cl. The maximum Gasteiger partial charge on any atom is 0.260 e. The minimum Gasteiger partial charge on any atom is -0.448 e. The lowest BCUT2D eigenvalue weighted by molar-refractivity contribution is 0.0979. The van der Waals surface area contributed by atoms with Crippen LogP contribution in [-0.2, 0) is 13.1 Å². The van der Waals surface area contributed by atoms with Crippen LogP contribution < -0.4 is 10.2 Å². The second kappa shape index (κ2) is 8.22. The van der Waals surface area contributed by atoms with Crippen LogP contribution in [0.2, 0.25) is 10.0 Å². The molecule has 8 heteroatoms. The molecule has 0 bridgehead atoms. The van der Waals surface area contributed by atoms with E-state index in [4.69, 9.17) is 27.6 Å². The molecule has 5 rings (SSSR count). The smallest absolute Gasteiger partial charge is 0.260 e. The summed E-state index contributed by atoms with van der Waals surface area (Å²) in [6, 6.07) is 17.2. The molecule has 160 valence electrons. The van der Waals surface area contributed by atoms with E-state index in [-0.39, 0.29) is 16.8 Å². The monoisotopic (exact) mass is 465 g/mol. The number of nitrogens with zero attached hydrogens (tertiary/aromatic N) is 2. The van der Waals surface area contributed by atoms with Gasteiger partial charge in [0.05, 0.1) is 29.9 Å². The Morgan fingerprint density at radius 2 is 1.78 bits per heavy atom. The van der Waals surface area contributed by atoms with Crippen LogP contribution in [0.4, 0.5) is 11.6 Å². The number of fused-ring (bicyclic) bond motifs is 2. The van der Waals surface area contributed by atoms with Gasteiger partial charge in [0.25, 0.3) is 11.8 Å². The predicted octanol–water partition coefficient (Wildman–Crippen LogP) is 5.85. The number of halogens is 2. The number of furan rings is 1. The van der Waals surface area contributed by atoms with Gasteiger partial charge in [-0.3, -0.25) is 14.5 Å². The number of benzene rings is 2. The second-order valence-corrected chi connectivity index (χ2v) is 8.27. The zero-order valence-corrected chi connectivity index (χ0v) is 18.2. The van der Waals surface area contributed by atoms with Gasteiger partial charge in [0, 0.05) is 33.7 Å². The molecule has 0 fully saturated rings. The maximum atomic E-state index is 13.3. The number of anilines is 2. The van der Waals surface area contributed by atoms with Crippen molar-refractivity contribution in [3.05, 3.63) is 106 Å². The van der Waals surface area contributed by atoms with Crippen LogP contribution in [0.1, 0.15) is 32.0 Å². The van der Waals surface area contributed by atoms with Gasteiger partial charge >= 0.3 is 0 Å². The van der Waals surface area contributed by atoms with Gasteiger partial charge in [0.2, 0.25) is 5.88 Å². The molecular weight excluding hydrogens is 449 g/mol. The molecule has 0 spiro atoms. The summed E-state index contributed by atoms with van der Waals surface area (Å²) in [4.78, 5) is 27.5. The Kier molecular flexibility index (Phi) is 5.25. The van der Waals surface area contributed by atoms with E-state index in [0.717, 1.165) is 11.3 Å². The first-order valence-corrected chi connectivity index (χ1v) is 10.6. The zero-order valence-electron chi connectivity index (χ0n) is 16.7. The molecule has 32 heavy (non-hydrogen) atoms. The Morgan fingerprint density at radius 3 is 2.56 bits per heavy atom. The minimum absolute atomic E-state index is 0.186. The highest BCUT2D eigenvalue weighted by Gasteiger charge is 2.27. The Hall–Kier alpha value is -3.48. The molecule has 0 unspecified atom stereocenters. The summed E-state index contributed by atoms with van der Waals surface area (Å²) in [7, 11) is 0. The van der Waals surface area contributed by atoms with Gasteiger partial charge in [-0.25, -0.2) is 0 Å². The van der Waals surface area contributed by atoms with Gasteiger partial charge in [0.15, 0.2) is 0 Å². The van der Waals surface area contributed by atoms with Crippen LogP contribution in [0.3, 0.4) is 0 Å². The van der Waals surface area contributed by atoms with E-state index >= 15 is 0 Å². The van der Waals surface area contributed by atoms with Gasteiger partial charge < -0.3 is 14.3 Å². The molecule has 0 saturated carbocycles. The van der Waals surface area contributed by atoms with Crippen LogP contribution >= 0.6 is 23.2 Å². The van der Waals surface area contributed by atoms with Gasteiger partial charge in [-0.15, -0.1) is 0 Å². The first kappa shape index (κ1) is 20.4. The summed E-state index contributed by atoms with van der Waals surface area (Å²) in [6.07, 6.45) is 3.59. The molecule has 6 nitrogen and oxygen atoms in total. The first-order valence-electron chi connectivity index (χ1n) is 9.88. The molecule has 2 aromatic heterocycles. The van der Waals surface area contributed by atoms with E-state index in [1.54, 1.807) is 47.6 Å². The quantitative estimate of drug-likeness (QED) is 0.412. The Labute approximate surface area is 194 Å². The standard InChI is InChI=1S/C24H17Cl2N3O3/c25-17-5-8-20(21(26)12-17)22(30)27-18-6-3-15(4-7-18)23(31)29-14-19-2-1-10-28(19)13-16-9-11-32-24(16)29/h1-12H,13-14H2,(H,27,30). The summed E-state index contributed by atoms with van der Waals surface area (Å²) < 4.78 is 7.75. The number of carbonyl (C=O) groups excluding carboxylic acids is 2. The van der Waals surface area contributed by atoms with Crippen molar-refractivity contribution in [2.45, 2.75) is 13.1 Å². The second-order valence-electron chi connectivity index (χ2n) is 7.43. The summed E-state index contributed by atoms with van der Waals surface area (Å²) >= 11 is 12.0. The Balaban J connectivity index is 1.36. The van der Waals surface area contributed by atoms with Crippen molar-refractivity contribution < 1.29 is 14.0 Å². The third-order valence-corrected chi connectivity index (χ3v) is 5.91. The number of aromatic nitrogens is 1. The fourth-order valence-electron chi connectivity index (χ4n) is 3.74. The number of hydrogen-bond donors (Lipinski definition) is 1. The van der Waals surface area contributed by atoms with E-state index in [2.05, 4.69) is 9.88 Å². The lowest BCUT2D eigenvalue weighted by atomic mass is 10.1. The molecular formula is C24H17Cl2N3O3. The largest absolute Gasteiger partial charge is 0.448 e. The summed E-state index contributed by atoms with van der Waals surface area (Å²) in [5, 5.41) is 3.50. The molecule has 0 radical (unpaired) electrons. The molecule has 2 aromatic carbocycles. The molecule has 0 aliphatic carbocycles. The van der Waals surface area contributed by atoms with Crippen molar-refractivity contribution in [1.82, 2.24) is 4.57 Å². The number of nitrogens with one attached hydrogen (secondary N) is 1. The predicted molar refractivity (Wildman–Crippen MR) is 124 cm³/mol. The Morgan fingerprint density at radius 1 is 0.969 bits per heavy atom. The first-order chi connectivity index (χ1) is 15.5. The molecule has 4 aromatic rings. The molecule has 0 saturated heterocycles. The van der Waals surface area contributed by atoms with Crippen molar-refractivity contribution >= 4 is 46.6 Å². The number of carbonyl (C=O) groups is 2. The van der Waals surface area contributed by atoms with Crippen molar-refractivity contribution in [1.29, 1.82) is 0 Å². The zero-order chi connectivity index (χ0) is 22.2. The van der Waals surface area contributed by atoms with E-state index in [9.17, 15) is 9.59 Å². The molecule has 3 heterocycles. The van der Waals surface area contributed by atoms with Crippen LogP contribution in [0, 0.1) is 0 Å². The number of hydrogen-bond acceptors (Lipinski definition) is 3. The summed E-state index contributed by atoms with van der Waals surface area (Å²) in [5.74, 6) is 0.00202. The van der Waals surface area contributed by atoms with Gasteiger partial charge in [-0.05, 0) is 60.7 Å². The van der Waals surface area contributed by atoms with Crippen LogP contribution in [0.15, 0.2) is 77.5 Å². The van der Waals surface area contributed by atoms with Crippen molar-refractivity contribution in [3.8, 4) is 0 Å². The highest BCUT2D eigenvalue weighted by molar-refractivity contribution is 6.37. The average Bonchev–Trinajstić information content (AvgIpc) is 3.39. The van der Waals surface area contributed by atoms with E-state index in [0.29, 0.717) is 40.8 Å². The van der Waals surface area contributed by atoms with Crippen LogP contribution in [0.25, 0.3) is 0 Å². The molecule has 1 N–H and O–H groups in total. The van der Waals surface area contributed by atoms with Crippen LogP contribution in [0.5, 0.6) is 0 Å². The van der Waals surface area contributed by atoms with Crippen molar-refractivity contribution in [2.75, 3.05) is 10.2 Å². The number of rotatable bonds is 3. The lowest BCUT2D eigenvalue weighted by Gasteiger charge is -2.19. The van der Waals surface area contributed by atoms with Crippen molar-refractivity contribution in [3.63, 3.8) is 0 Å². The van der Waals surface area contributed by atoms with E-state index in [1.165, 1.54) is 6.07 Å². The lowest BCUT2D eigenvalue weighted by Crippen LogP contribution is -2.30. The summed E-state index contributed by atoms with van der Waals surface area (Å²) in [5.41, 5.74) is 3.30. The molecule has 2 amide bonds. The van der Waals surface area contributed by atoms with E-state index in [1.807, 2.05) is 24.4 Å². The highest BCUT2D eigenvalue weighted by Crippen LogP contribution is 2.30. The minimum atomic E-state index is -0.362. The normalized spacial score (nSPS) is 12.6. The van der Waals surface area contributed by atoms with Gasteiger partial charge in [-0.1, -0.05) is 23.2 Å². The van der Waals surface area contributed by atoms with E-state index < -0.39 is 0 Å². The molecule has 1 aliphatic rings. The number of amides is 2. The maximum absolute atomic E-state index is 13.3. The average molecular weight is 466 g/mol. The van der Waals surface area contributed by atoms with Crippen molar-refractivity contribution in [2.24, 2.45) is 0 Å². The third-order valence-electron chi connectivity index (χ3n) is 5.36. The topological polar surface area (TPSA) is 67.5 Å². The molecule has 0 atom stereocenters. The summed E-state index contributed by atoms with van der Waals surface area (Å²) in [6.45, 7) is 1.05.